The van der Waals surface area contributed by atoms with Gasteiger partial charge < -0.3 is 10.5 Å². The molecular formula is C18H19NO2. The molecule has 21 heavy (non-hydrogen) atoms. The molecule has 0 radical (unpaired) electrons. The average Bonchev–Trinajstić information content (AvgIpc) is 2.46. The Hall–Kier alpha value is -2.29. The molecule has 0 spiro atoms. The van der Waals surface area contributed by atoms with Crippen molar-refractivity contribution in [2.24, 2.45) is 0 Å². The van der Waals surface area contributed by atoms with E-state index in [9.17, 15) is 4.79 Å². The number of nitrogen functional groups attached to an aromatic ring is 1. The van der Waals surface area contributed by atoms with Crippen molar-refractivity contribution in [1.29, 1.82) is 0 Å². The second-order valence-corrected chi connectivity index (χ2v) is 5.50. The van der Waals surface area contributed by atoms with Crippen molar-refractivity contribution in [2.75, 3.05) is 12.8 Å². The van der Waals surface area contributed by atoms with Crippen LogP contribution in [0.4, 0.5) is 5.69 Å². The largest absolute Gasteiger partial charge is 0.497 e. The summed E-state index contributed by atoms with van der Waals surface area (Å²) in [5, 5.41) is 0. The van der Waals surface area contributed by atoms with E-state index >= 15 is 0 Å². The number of ketones is 1. The molecule has 2 aromatic rings. The van der Waals surface area contributed by atoms with Crippen LogP contribution in [0, 0.1) is 0 Å². The molecule has 0 heterocycles. The van der Waals surface area contributed by atoms with Crippen LogP contribution in [0.15, 0.2) is 42.5 Å². The maximum absolute atomic E-state index is 12.9. The molecule has 1 fully saturated rings. The lowest BCUT2D eigenvalue weighted by Gasteiger charge is -2.27. The first-order valence-corrected chi connectivity index (χ1v) is 7.28. The van der Waals surface area contributed by atoms with E-state index in [1.807, 2.05) is 18.2 Å². The van der Waals surface area contributed by atoms with Gasteiger partial charge in [0.15, 0.2) is 5.78 Å². The van der Waals surface area contributed by atoms with Gasteiger partial charge in [0, 0.05) is 16.8 Å². The van der Waals surface area contributed by atoms with E-state index < -0.39 is 0 Å². The number of anilines is 1. The second-order valence-electron chi connectivity index (χ2n) is 5.50. The first-order valence-electron chi connectivity index (χ1n) is 7.28. The van der Waals surface area contributed by atoms with Crippen LogP contribution in [0.3, 0.4) is 0 Å². The van der Waals surface area contributed by atoms with Crippen LogP contribution in [0.25, 0.3) is 0 Å². The Balaban J connectivity index is 2.02. The summed E-state index contributed by atoms with van der Waals surface area (Å²) >= 11 is 0. The first-order chi connectivity index (χ1) is 10.2. The fourth-order valence-corrected chi connectivity index (χ4v) is 2.78. The fraction of sp³-hybridized carbons (Fsp3) is 0.278. The molecule has 3 heteroatoms. The number of benzene rings is 2. The van der Waals surface area contributed by atoms with Crippen LogP contribution in [0.1, 0.15) is 46.7 Å². The van der Waals surface area contributed by atoms with Crippen molar-refractivity contribution in [3.05, 3.63) is 59.2 Å². The van der Waals surface area contributed by atoms with E-state index in [2.05, 4.69) is 6.07 Å². The molecule has 0 amide bonds. The van der Waals surface area contributed by atoms with Gasteiger partial charge in [0.05, 0.1) is 7.11 Å². The molecule has 0 unspecified atom stereocenters. The van der Waals surface area contributed by atoms with Gasteiger partial charge in [-0.1, -0.05) is 30.7 Å². The Kier molecular flexibility index (Phi) is 3.65. The zero-order valence-corrected chi connectivity index (χ0v) is 12.1. The third kappa shape index (κ3) is 2.51. The van der Waals surface area contributed by atoms with Gasteiger partial charge in [0.1, 0.15) is 5.75 Å². The average molecular weight is 281 g/mol. The van der Waals surface area contributed by atoms with Gasteiger partial charge in [-0.25, -0.2) is 0 Å². The molecule has 0 aliphatic heterocycles. The lowest BCUT2D eigenvalue weighted by Crippen LogP contribution is -2.15. The molecule has 0 aromatic heterocycles. The summed E-state index contributed by atoms with van der Waals surface area (Å²) in [6, 6.07) is 13.1. The first kappa shape index (κ1) is 13.7. The number of ether oxygens (including phenoxy) is 1. The summed E-state index contributed by atoms with van der Waals surface area (Å²) in [6.45, 7) is 0. The van der Waals surface area contributed by atoms with E-state index in [4.69, 9.17) is 10.5 Å². The van der Waals surface area contributed by atoms with Crippen molar-refractivity contribution < 1.29 is 9.53 Å². The molecule has 3 rings (SSSR count). The van der Waals surface area contributed by atoms with Gasteiger partial charge in [-0.15, -0.1) is 0 Å². The highest BCUT2D eigenvalue weighted by atomic mass is 16.5. The molecule has 0 bridgehead atoms. The Labute approximate surface area is 124 Å². The van der Waals surface area contributed by atoms with Crippen molar-refractivity contribution in [3.8, 4) is 5.75 Å². The lowest BCUT2D eigenvalue weighted by atomic mass is 9.77. The predicted molar refractivity (Wildman–Crippen MR) is 83.9 cm³/mol. The van der Waals surface area contributed by atoms with Crippen molar-refractivity contribution in [1.82, 2.24) is 0 Å². The van der Waals surface area contributed by atoms with Gasteiger partial charge in [-0.2, -0.15) is 0 Å². The van der Waals surface area contributed by atoms with Gasteiger partial charge in [-0.3, -0.25) is 4.79 Å². The number of nitrogens with two attached hydrogens (primary N) is 1. The van der Waals surface area contributed by atoms with E-state index in [0.29, 0.717) is 22.9 Å². The number of carbonyl (C=O) groups excluding carboxylic acids is 1. The number of carbonyl (C=O) groups is 1. The highest BCUT2D eigenvalue weighted by Gasteiger charge is 2.25. The molecule has 1 saturated carbocycles. The van der Waals surface area contributed by atoms with Gasteiger partial charge in [0.2, 0.25) is 0 Å². The van der Waals surface area contributed by atoms with E-state index in [1.165, 1.54) is 6.42 Å². The Morgan fingerprint density at radius 2 is 1.90 bits per heavy atom. The van der Waals surface area contributed by atoms with E-state index in [-0.39, 0.29) is 5.78 Å². The van der Waals surface area contributed by atoms with Gasteiger partial charge in [-0.05, 0) is 42.5 Å². The molecule has 3 nitrogen and oxygen atoms in total. The third-order valence-electron chi connectivity index (χ3n) is 4.26. The van der Waals surface area contributed by atoms with Crippen molar-refractivity contribution >= 4 is 11.5 Å². The summed E-state index contributed by atoms with van der Waals surface area (Å²) in [5.74, 6) is 1.14. The van der Waals surface area contributed by atoms with Crippen LogP contribution in [-0.2, 0) is 0 Å². The maximum Gasteiger partial charge on any atom is 0.195 e. The molecule has 108 valence electrons. The standard InChI is InChI=1S/C18H19NO2/c1-21-13-9-10-17(19)16(11-13)18(20)15-8-3-2-7-14(15)12-5-4-6-12/h2-3,7-12H,4-6,19H2,1H3. The molecule has 1 aliphatic carbocycles. The van der Waals surface area contributed by atoms with Crippen molar-refractivity contribution in [2.45, 2.75) is 25.2 Å². The minimum absolute atomic E-state index is 0.0195. The van der Waals surface area contributed by atoms with Gasteiger partial charge >= 0.3 is 0 Å². The predicted octanol–water partition coefficient (Wildman–Crippen LogP) is 3.78. The van der Waals surface area contributed by atoms with Crippen LogP contribution >= 0.6 is 0 Å². The molecule has 0 atom stereocenters. The molecule has 2 N–H and O–H groups in total. The highest BCUT2D eigenvalue weighted by molar-refractivity contribution is 6.13. The molecular weight excluding hydrogens is 262 g/mol. The minimum Gasteiger partial charge on any atom is -0.497 e. The van der Waals surface area contributed by atoms with E-state index in [0.717, 1.165) is 24.0 Å². The summed E-state index contributed by atoms with van der Waals surface area (Å²) in [7, 11) is 1.59. The Bertz CT molecular complexity index is 675. The smallest absolute Gasteiger partial charge is 0.195 e. The summed E-state index contributed by atoms with van der Waals surface area (Å²) in [5.41, 5.74) is 8.90. The zero-order chi connectivity index (χ0) is 14.8. The summed E-state index contributed by atoms with van der Waals surface area (Å²) in [6.07, 6.45) is 3.57. The summed E-state index contributed by atoms with van der Waals surface area (Å²) in [4.78, 5) is 12.9. The number of hydrogen-bond acceptors (Lipinski definition) is 3. The SMILES string of the molecule is COc1ccc(N)c(C(=O)c2ccccc2C2CCC2)c1. The number of methoxy groups -OCH3 is 1. The second kappa shape index (κ2) is 5.60. The normalized spacial score (nSPS) is 14.5. The van der Waals surface area contributed by atoms with Crippen LogP contribution in [-0.4, -0.2) is 12.9 Å². The van der Waals surface area contributed by atoms with Crippen LogP contribution in [0.5, 0.6) is 5.75 Å². The van der Waals surface area contributed by atoms with Gasteiger partial charge in [0.25, 0.3) is 0 Å². The summed E-state index contributed by atoms with van der Waals surface area (Å²) < 4.78 is 5.20. The third-order valence-corrected chi connectivity index (χ3v) is 4.26. The van der Waals surface area contributed by atoms with Crippen LogP contribution < -0.4 is 10.5 Å². The minimum atomic E-state index is -0.0195. The maximum atomic E-state index is 12.9. The Morgan fingerprint density at radius 1 is 1.14 bits per heavy atom. The molecule has 2 aromatic carbocycles. The van der Waals surface area contributed by atoms with Crippen molar-refractivity contribution in [3.63, 3.8) is 0 Å². The Morgan fingerprint density at radius 3 is 2.57 bits per heavy atom. The monoisotopic (exact) mass is 281 g/mol. The fourth-order valence-electron chi connectivity index (χ4n) is 2.78. The lowest BCUT2D eigenvalue weighted by molar-refractivity contribution is 0.103. The molecule has 0 saturated heterocycles. The number of rotatable bonds is 4. The van der Waals surface area contributed by atoms with Crippen LogP contribution in [0.2, 0.25) is 0 Å². The number of hydrogen-bond donors (Lipinski definition) is 1. The topological polar surface area (TPSA) is 52.3 Å². The zero-order valence-electron chi connectivity index (χ0n) is 12.1. The quantitative estimate of drug-likeness (QED) is 0.685. The van der Waals surface area contributed by atoms with E-state index in [1.54, 1.807) is 25.3 Å². The highest BCUT2D eigenvalue weighted by Crippen LogP contribution is 2.38. The molecule has 1 aliphatic rings.